The molecule has 0 aliphatic rings. The lowest BCUT2D eigenvalue weighted by molar-refractivity contribution is 0.484. The van der Waals surface area contributed by atoms with E-state index < -0.39 is 15.5 Å². The molecule has 0 aliphatic heterocycles. The van der Waals surface area contributed by atoms with Gasteiger partial charge in [0, 0.05) is 6.54 Å². The highest BCUT2D eigenvalue weighted by molar-refractivity contribution is 7.87. The summed E-state index contributed by atoms with van der Waals surface area (Å²) in [6.45, 7) is 4.24. The minimum atomic E-state index is -4.04. The van der Waals surface area contributed by atoms with E-state index in [4.69, 9.17) is 4.18 Å². The first kappa shape index (κ1) is 16.0. The summed E-state index contributed by atoms with van der Waals surface area (Å²) in [6, 6.07) is 12.4. The fourth-order valence-electron chi connectivity index (χ4n) is 1.85. The molecule has 116 valence electrons. The van der Waals surface area contributed by atoms with Gasteiger partial charge in [0.2, 0.25) is 5.43 Å². The van der Waals surface area contributed by atoms with Gasteiger partial charge in [0.05, 0.1) is 5.69 Å². The van der Waals surface area contributed by atoms with Crippen LogP contribution in [0.4, 0.5) is 5.69 Å². The highest BCUT2D eigenvalue weighted by Crippen LogP contribution is 2.17. The average Bonchev–Trinajstić information content (AvgIpc) is 2.63. The summed E-state index contributed by atoms with van der Waals surface area (Å²) >= 11 is 0. The van der Waals surface area contributed by atoms with Crippen molar-refractivity contribution in [1.82, 2.24) is 0 Å². The number of hydrogen-bond acceptors (Lipinski definition) is 5. The van der Waals surface area contributed by atoms with Crippen LogP contribution in [0, 0.1) is 6.92 Å². The molecule has 2 aromatic rings. The summed E-state index contributed by atoms with van der Waals surface area (Å²) in [7, 11) is -4.04. The SMILES string of the molecule is CCNc1ccccc(OS(=O)(=O)c2ccc(C)cc2)c1=O. The molecule has 0 radical (unpaired) electrons. The van der Waals surface area contributed by atoms with E-state index in [0.29, 0.717) is 12.2 Å². The Morgan fingerprint density at radius 1 is 1.05 bits per heavy atom. The summed E-state index contributed by atoms with van der Waals surface area (Å²) in [5, 5.41) is 2.88. The largest absolute Gasteiger partial charge is 0.382 e. The second-order valence-electron chi connectivity index (χ2n) is 4.71. The summed E-state index contributed by atoms with van der Waals surface area (Å²) < 4.78 is 29.5. The van der Waals surface area contributed by atoms with E-state index in [2.05, 4.69) is 5.32 Å². The lowest BCUT2D eigenvalue weighted by atomic mass is 10.2. The number of hydrogen-bond donors (Lipinski definition) is 1. The molecule has 0 amide bonds. The molecule has 0 heterocycles. The van der Waals surface area contributed by atoms with Crippen LogP contribution >= 0.6 is 0 Å². The summed E-state index contributed by atoms with van der Waals surface area (Å²) in [4.78, 5) is 12.3. The summed E-state index contributed by atoms with van der Waals surface area (Å²) in [5.41, 5.74) is 0.730. The summed E-state index contributed by atoms with van der Waals surface area (Å²) in [5.74, 6) is -0.235. The second kappa shape index (κ2) is 6.62. The number of aryl methyl sites for hydroxylation is 1. The van der Waals surface area contributed by atoms with Gasteiger partial charge in [0.1, 0.15) is 4.90 Å². The third-order valence-electron chi connectivity index (χ3n) is 2.97. The van der Waals surface area contributed by atoms with Crippen LogP contribution in [0.15, 0.2) is 58.2 Å². The van der Waals surface area contributed by atoms with Crippen molar-refractivity contribution < 1.29 is 12.6 Å². The fourth-order valence-corrected chi connectivity index (χ4v) is 2.78. The van der Waals surface area contributed by atoms with Crippen molar-refractivity contribution in [2.45, 2.75) is 18.7 Å². The Morgan fingerprint density at radius 3 is 2.32 bits per heavy atom. The molecule has 0 aliphatic carbocycles. The van der Waals surface area contributed by atoms with Gasteiger partial charge < -0.3 is 9.50 Å². The molecule has 2 rings (SSSR count). The molecule has 0 fully saturated rings. The smallest absolute Gasteiger partial charge is 0.339 e. The fraction of sp³-hybridized carbons (Fsp3) is 0.188. The monoisotopic (exact) mass is 319 g/mol. The van der Waals surface area contributed by atoms with Crippen molar-refractivity contribution in [3.63, 3.8) is 0 Å². The van der Waals surface area contributed by atoms with Crippen LogP contribution < -0.4 is 14.9 Å². The van der Waals surface area contributed by atoms with Crippen molar-refractivity contribution in [1.29, 1.82) is 0 Å². The maximum Gasteiger partial charge on any atom is 0.339 e. The maximum absolute atomic E-state index is 12.3. The molecule has 0 atom stereocenters. The van der Waals surface area contributed by atoms with Crippen molar-refractivity contribution >= 4 is 15.8 Å². The van der Waals surface area contributed by atoms with Crippen molar-refractivity contribution in [3.05, 3.63) is 64.3 Å². The van der Waals surface area contributed by atoms with Crippen LogP contribution in [0.5, 0.6) is 5.75 Å². The number of rotatable bonds is 5. The topological polar surface area (TPSA) is 72.5 Å². The first-order chi connectivity index (χ1) is 10.4. The predicted molar refractivity (Wildman–Crippen MR) is 85.9 cm³/mol. The number of anilines is 1. The van der Waals surface area contributed by atoms with Crippen LogP contribution in [-0.2, 0) is 10.1 Å². The number of benzene rings is 1. The van der Waals surface area contributed by atoms with E-state index >= 15 is 0 Å². The predicted octanol–water partition coefficient (Wildman–Crippen LogP) is 2.55. The van der Waals surface area contributed by atoms with Crippen LogP contribution in [-0.4, -0.2) is 15.0 Å². The van der Waals surface area contributed by atoms with Gasteiger partial charge in [0.25, 0.3) is 0 Å². The van der Waals surface area contributed by atoms with Gasteiger partial charge in [0.15, 0.2) is 5.75 Å². The molecule has 5 nitrogen and oxygen atoms in total. The van der Waals surface area contributed by atoms with Crippen molar-refractivity contribution in [2.24, 2.45) is 0 Å². The third-order valence-corrected chi connectivity index (χ3v) is 4.21. The molecule has 6 heteroatoms. The van der Waals surface area contributed by atoms with Crippen LogP contribution in [0.25, 0.3) is 0 Å². The number of nitrogens with one attached hydrogen (secondary N) is 1. The molecule has 0 aromatic heterocycles. The first-order valence-electron chi connectivity index (χ1n) is 6.82. The molecule has 0 saturated carbocycles. The highest BCUT2D eigenvalue weighted by atomic mass is 32.2. The van der Waals surface area contributed by atoms with Gasteiger partial charge >= 0.3 is 10.1 Å². The highest BCUT2D eigenvalue weighted by Gasteiger charge is 2.18. The Labute approximate surface area is 129 Å². The molecule has 2 aromatic carbocycles. The standard InChI is InChI=1S/C16H17NO4S/c1-3-17-14-6-4-5-7-15(16(14)18)21-22(19,20)13-10-8-12(2)9-11-13/h4-11H,3H2,1-2H3,(H,17,18). The van der Waals surface area contributed by atoms with Crippen LogP contribution in [0.3, 0.4) is 0 Å². The van der Waals surface area contributed by atoms with Crippen LogP contribution in [0.2, 0.25) is 0 Å². The van der Waals surface area contributed by atoms with E-state index in [9.17, 15) is 13.2 Å². The molecule has 0 unspecified atom stereocenters. The Kier molecular flexibility index (Phi) is 4.82. The Balaban J connectivity index is 2.42. The maximum atomic E-state index is 12.3. The molecule has 0 spiro atoms. The lowest BCUT2D eigenvalue weighted by Crippen LogP contribution is -2.16. The minimum absolute atomic E-state index is 0.00834. The molecular formula is C16H17NO4S. The van der Waals surface area contributed by atoms with Gasteiger partial charge in [-0.1, -0.05) is 29.8 Å². The van der Waals surface area contributed by atoms with E-state index in [1.165, 1.54) is 18.2 Å². The van der Waals surface area contributed by atoms with Gasteiger partial charge in [-0.05, 0) is 38.1 Å². The van der Waals surface area contributed by atoms with Gasteiger partial charge in [-0.25, -0.2) is 0 Å². The van der Waals surface area contributed by atoms with E-state index in [-0.39, 0.29) is 10.6 Å². The van der Waals surface area contributed by atoms with Crippen molar-refractivity contribution in [3.8, 4) is 5.75 Å². The van der Waals surface area contributed by atoms with E-state index in [1.807, 2.05) is 13.8 Å². The zero-order chi connectivity index (χ0) is 16.2. The Bertz CT molecular complexity index is 814. The lowest BCUT2D eigenvalue weighted by Gasteiger charge is -2.06. The summed E-state index contributed by atoms with van der Waals surface area (Å²) in [6.07, 6.45) is 0. The second-order valence-corrected chi connectivity index (χ2v) is 6.25. The molecule has 22 heavy (non-hydrogen) atoms. The molecule has 1 N–H and O–H groups in total. The zero-order valence-electron chi connectivity index (χ0n) is 12.4. The minimum Gasteiger partial charge on any atom is -0.382 e. The third kappa shape index (κ3) is 3.65. The normalized spacial score (nSPS) is 11.0. The van der Waals surface area contributed by atoms with Gasteiger partial charge in [-0.3, -0.25) is 4.79 Å². The molecule has 0 saturated heterocycles. The average molecular weight is 319 g/mol. The molecule has 0 bridgehead atoms. The van der Waals surface area contributed by atoms with Crippen LogP contribution in [0.1, 0.15) is 12.5 Å². The molecular weight excluding hydrogens is 302 g/mol. The van der Waals surface area contributed by atoms with Gasteiger partial charge in [-0.2, -0.15) is 8.42 Å². The zero-order valence-corrected chi connectivity index (χ0v) is 13.2. The van der Waals surface area contributed by atoms with E-state index in [1.54, 1.807) is 30.3 Å². The first-order valence-corrected chi connectivity index (χ1v) is 8.23. The van der Waals surface area contributed by atoms with E-state index in [0.717, 1.165) is 5.56 Å². The van der Waals surface area contributed by atoms with Crippen molar-refractivity contribution in [2.75, 3.05) is 11.9 Å². The quantitative estimate of drug-likeness (QED) is 0.858. The Hall–Kier alpha value is -2.34. The van der Waals surface area contributed by atoms with Gasteiger partial charge in [-0.15, -0.1) is 0 Å². The Morgan fingerprint density at radius 2 is 1.68 bits per heavy atom.